The van der Waals surface area contributed by atoms with E-state index >= 15 is 0 Å². The summed E-state index contributed by atoms with van der Waals surface area (Å²) >= 11 is 0. The van der Waals surface area contributed by atoms with Crippen molar-refractivity contribution in [1.29, 1.82) is 0 Å². The first kappa shape index (κ1) is 19.4. The Hall–Kier alpha value is -2.91. The van der Waals surface area contributed by atoms with Crippen LogP contribution in [0.3, 0.4) is 0 Å². The third-order valence-corrected chi connectivity index (χ3v) is 5.76. The van der Waals surface area contributed by atoms with E-state index < -0.39 is 0 Å². The Kier molecular flexibility index (Phi) is 5.77. The zero-order valence-electron chi connectivity index (χ0n) is 17.2. The molecule has 0 saturated carbocycles. The molecule has 1 amide bonds. The lowest BCUT2D eigenvalue weighted by Crippen LogP contribution is -2.30. The highest BCUT2D eigenvalue weighted by Gasteiger charge is 2.16. The molecule has 0 radical (unpaired) electrons. The Bertz CT molecular complexity index is 976. The fourth-order valence-electron chi connectivity index (χ4n) is 3.93. The lowest BCUT2D eigenvalue weighted by molar-refractivity contribution is 0.0940. The maximum Gasteiger partial charge on any atom is 0.251 e. The van der Waals surface area contributed by atoms with E-state index in [9.17, 15) is 4.79 Å². The molecule has 148 valence electrons. The topological polar surface area (TPSA) is 32.3 Å². The van der Waals surface area contributed by atoms with E-state index in [-0.39, 0.29) is 11.9 Å². The average molecular weight is 385 g/mol. The predicted molar refractivity (Wildman–Crippen MR) is 118 cm³/mol. The van der Waals surface area contributed by atoms with E-state index in [2.05, 4.69) is 77.8 Å². The van der Waals surface area contributed by atoms with Crippen molar-refractivity contribution in [2.75, 3.05) is 6.54 Å². The first-order chi connectivity index (χ1) is 14.1. The van der Waals surface area contributed by atoms with E-state index in [0.717, 1.165) is 31.6 Å². The number of amides is 1. The molecule has 0 saturated heterocycles. The third kappa shape index (κ3) is 4.75. The summed E-state index contributed by atoms with van der Waals surface area (Å²) in [5.41, 5.74) is 7.19. The maximum absolute atomic E-state index is 12.6. The van der Waals surface area contributed by atoms with Gasteiger partial charge < -0.3 is 5.32 Å². The molecule has 1 N–H and O–H groups in total. The Morgan fingerprint density at radius 1 is 0.966 bits per heavy atom. The standard InChI is InChI=1S/C26H28N2O/c1-19-7-11-22(12-8-19)20(2)27-26(29)24-13-9-21(10-14-24)17-28-16-15-23-5-3-4-6-25(23)18-28/h3-14,20H,15-18H2,1-2H3,(H,27,29)/t20-/m0/s1. The number of carbonyl (C=O) groups excluding carboxylic acids is 1. The molecule has 0 aliphatic carbocycles. The Labute approximate surface area is 173 Å². The maximum atomic E-state index is 12.6. The number of aryl methyl sites for hydroxylation is 1. The van der Waals surface area contributed by atoms with Crippen LogP contribution in [0.1, 0.15) is 51.1 Å². The Balaban J connectivity index is 1.35. The minimum Gasteiger partial charge on any atom is -0.346 e. The summed E-state index contributed by atoms with van der Waals surface area (Å²) < 4.78 is 0. The molecule has 1 aliphatic heterocycles. The number of carbonyl (C=O) groups is 1. The van der Waals surface area contributed by atoms with E-state index in [0.29, 0.717) is 5.56 Å². The zero-order chi connectivity index (χ0) is 20.2. The van der Waals surface area contributed by atoms with Crippen LogP contribution in [0.25, 0.3) is 0 Å². The number of fused-ring (bicyclic) bond motifs is 1. The average Bonchev–Trinajstić information content (AvgIpc) is 2.74. The third-order valence-electron chi connectivity index (χ3n) is 5.76. The first-order valence-electron chi connectivity index (χ1n) is 10.3. The Morgan fingerprint density at radius 2 is 1.66 bits per heavy atom. The van der Waals surface area contributed by atoms with Crippen LogP contribution >= 0.6 is 0 Å². The molecule has 0 unspecified atom stereocenters. The van der Waals surface area contributed by atoms with Gasteiger partial charge in [0, 0.05) is 25.2 Å². The minimum atomic E-state index is -0.0310. The van der Waals surface area contributed by atoms with Crippen molar-refractivity contribution < 1.29 is 4.79 Å². The highest BCUT2D eigenvalue weighted by atomic mass is 16.1. The van der Waals surface area contributed by atoms with Crippen molar-refractivity contribution in [2.45, 2.75) is 39.4 Å². The molecule has 3 aromatic rings. The monoisotopic (exact) mass is 384 g/mol. The number of nitrogens with zero attached hydrogens (tertiary/aromatic N) is 1. The molecule has 4 rings (SSSR count). The number of rotatable bonds is 5. The first-order valence-corrected chi connectivity index (χ1v) is 10.3. The minimum absolute atomic E-state index is 0.0174. The summed E-state index contributed by atoms with van der Waals surface area (Å²) in [4.78, 5) is 15.1. The van der Waals surface area contributed by atoms with Gasteiger partial charge in [-0.2, -0.15) is 0 Å². The fraction of sp³-hybridized carbons (Fsp3) is 0.269. The van der Waals surface area contributed by atoms with Gasteiger partial charge in [-0.15, -0.1) is 0 Å². The van der Waals surface area contributed by atoms with E-state index in [1.807, 2.05) is 19.1 Å². The lowest BCUT2D eigenvalue weighted by Gasteiger charge is -2.28. The van der Waals surface area contributed by atoms with Gasteiger partial charge in [0.2, 0.25) is 0 Å². The van der Waals surface area contributed by atoms with Crippen LogP contribution in [0.15, 0.2) is 72.8 Å². The second-order valence-electron chi connectivity index (χ2n) is 8.03. The van der Waals surface area contributed by atoms with Gasteiger partial charge in [-0.25, -0.2) is 0 Å². The van der Waals surface area contributed by atoms with Crippen molar-refractivity contribution in [1.82, 2.24) is 10.2 Å². The summed E-state index contributed by atoms with van der Waals surface area (Å²) in [7, 11) is 0. The van der Waals surface area contributed by atoms with Crippen LogP contribution in [0.5, 0.6) is 0 Å². The van der Waals surface area contributed by atoms with Crippen molar-refractivity contribution in [2.24, 2.45) is 0 Å². The van der Waals surface area contributed by atoms with Gasteiger partial charge in [0.15, 0.2) is 0 Å². The van der Waals surface area contributed by atoms with E-state index in [1.165, 1.54) is 22.3 Å². The van der Waals surface area contributed by atoms with Crippen molar-refractivity contribution in [3.63, 3.8) is 0 Å². The summed E-state index contributed by atoms with van der Waals surface area (Å²) in [6.07, 6.45) is 1.10. The van der Waals surface area contributed by atoms with Crippen molar-refractivity contribution in [3.05, 3.63) is 106 Å². The van der Waals surface area contributed by atoms with E-state index in [1.54, 1.807) is 0 Å². The number of hydrogen-bond acceptors (Lipinski definition) is 2. The van der Waals surface area contributed by atoms with Crippen LogP contribution in [0.4, 0.5) is 0 Å². The smallest absolute Gasteiger partial charge is 0.251 e. The number of hydrogen-bond donors (Lipinski definition) is 1. The van der Waals surface area contributed by atoms with Crippen LogP contribution in [-0.4, -0.2) is 17.4 Å². The van der Waals surface area contributed by atoms with Crippen LogP contribution in [-0.2, 0) is 19.5 Å². The summed E-state index contributed by atoms with van der Waals surface area (Å²) in [6.45, 7) is 7.07. The predicted octanol–water partition coefficient (Wildman–Crippen LogP) is 5.04. The zero-order valence-corrected chi connectivity index (χ0v) is 17.2. The summed E-state index contributed by atoms with van der Waals surface area (Å²) in [6, 6.07) is 25.0. The Morgan fingerprint density at radius 3 is 2.38 bits per heavy atom. The second kappa shape index (κ2) is 8.62. The molecule has 29 heavy (non-hydrogen) atoms. The van der Waals surface area contributed by atoms with Crippen LogP contribution in [0, 0.1) is 6.92 Å². The number of benzene rings is 3. The molecule has 0 fully saturated rings. The van der Waals surface area contributed by atoms with Crippen molar-refractivity contribution >= 4 is 5.91 Å². The molecule has 0 bridgehead atoms. The van der Waals surface area contributed by atoms with Gasteiger partial charge in [-0.1, -0.05) is 66.2 Å². The highest BCUT2D eigenvalue weighted by Crippen LogP contribution is 2.20. The summed E-state index contributed by atoms with van der Waals surface area (Å²) in [5, 5.41) is 3.09. The molecule has 1 aliphatic rings. The highest BCUT2D eigenvalue weighted by molar-refractivity contribution is 5.94. The fourth-order valence-corrected chi connectivity index (χ4v) is 3.93. The normalized spacial score (nSPS) is 14.8. The van der Waals surface area contributed by atoms with Crippen LogP contribution in [0.2, 0.25) is 0 Å². The SMILES string of the molecule is Cc1ccc([C@H](C)NC(=O)c2ccc(CN3CCc4ccccc4C3)cc2)cc1. The van der Waals surface area contributed by atoms with E-state index in [4.69, 9.17) is 0 Å². The molecule has 3 aromatic carbocycles. The quantitative estimate of drug-likeness (QED) is 0.668. The molecule has 0 aromatic heterocycles. The van der Waals surface area contributed by atoms with Gasteiger partial charge in [-0.3, -0.25) is 9.69 Å². The molecule has 0 spiro atoms. The van der Waals surface area contributed by atoms with Gasteiger partial charge in [0.25, 0.3) is 5.91 Å². The molecule has 3 nitrogen and oxygen atoms in total. The molecule has 1 atom stereocenters. The molecule has 3 heteroatoms. The molecule has 1 heterocycles. The largest absolute Gasteiger partial charge is 0.346 e. The van der Waals surface area contributed by atoms with Gasteiger partial charge in [-0.05, 0) is 54.7 Å². The molecular weight excluding hydrogens is 356 g/mol. The second-order valence-corrected chi connectivity index (χ2v) is 8.03. The summed E-state index contributed by atoms with van der Waals surface area (Å²) in [5.74, 6) is -0.0310. The number of nitrogens with one attached hydrogen (secondary N) is 1. The van der Waals surface area contributed by atoms with Crippen molar-refractivity contribution in [3.8, 4) is 0 Å². The van der Waals surface area contributed by atoms with Crippen LogP contribution < -0.4 is 5.32 Å². The van der Waals surface area contributed by atoms with Gasteiger partial charge in [0.05, 0.1) is 6.04 Å². The van der Waals surface area contributed by atoms with Gasteiger partial charge in [0.1, 0.15) is 0 Å². The molecular formula is C26H28N2O. The lowest BCUT2D eigenvalue weighted by atomic mass is 9.99. The van der Waals surface area contributed by atoms with Gasteiger partial charge >= 0.3 is 0 Å².